The van der Waals surface area contributed by atoms with Crippen LogP contribution in [0.25, 0.3) is 0 Å². The molecule has 6 nitrogen and oxygen atoms in total. The standard InChI is InChI=1S/C12H20N4O2/c1-9(2)16(6-3-7-17)11-5-4-10(8-14-11)12(13)15-18/h4-5,8-9,17-18H,3,6-7H2,1-2H3,(H2,13,15). The van der Waals surface area contributed by atoms with E-state index in [1.807, 2.05) is 6.07 Å². The minimum Gasteiger partial charge on any atom is -0.409 e. The van der Waals surface area contributed by atoms with Crippen molar-refractivity contribution >= 4 is 11.7 Å². The lowest BCUT2D eigenvalue weighted by atomic mass is 10.2. The molecule has 1 heterocycles. The van der Waals surface area contributed by atoms with Crippen molar-refractivity contribution in [2.24, 2.45) is 10.9 Å². The Hall–Kier alpha value is -1.82. The number of nitrogens with zero attached hydrogens (tertiary/aromatic N) is 3. The summed E-state index contributed by atoms with van der Waals surface area (Å²) in [6.07, 6.45) is 2.26. The predicted octanol–water partition coefficient (Wildman–Crippen LogP) is 0.773. The minimum absolute atomic E-state index is 0.0421. The molecule has 1 aromatic heterocycles. The van der Waals surface area contributed by atoms with Crippen LogP contribution in [0.2, 0.25) is 0 Å². The van der Waals surface area contributed by atoms with Crippen LogP contribution in [0.15, 0.2) is 23.5 Å². The van der Waals surface area contributed by atoms with Gasteiger partial charge in [0.1, 0.15) is 5.82 Å². The van der Waals surface area contributed by atoms with E-state index >= 15 is 0 Å². The van der Waals surface area contributed by atoms with Crippen LogP contribution in [0.1, 0.15) is 25.8 Å². The molecule has 100 valence electrons. The van der Waals surface area contributed by atoms with Gasteiger partial charge in [0.25, 0.3) is 0 Å². The van der Waals surface area contributed by atoms with E-state index in [0.29, 0.717) is 18.0 Å². The Morgan fingerprint density at radius 1 is 1.50 bits per heavy atom. The molecule has 1 aromatic rings. The smallest absolute Gasteiger partial charge is 0.171 e. The zero-order chi connectivity index (χ0) is 13.5. The van der Waals surface area contributed by atoms with Gasteiger partial charge in [0.2, 0.25) is 0 Å². The maximum atomic E-state index is 8.89. The molecule has 0 unspecified atom stereocenters. The van der Waals surface area contributed by atoms with Gasteiger partial charge in [-0.3, -0.25) is 0 Å². The van der Waals surface area contributed by atoms with Gasteiger partial charge in [-0.2, -0.15) is 0 Å². The van der Waals surface area contributed by atoms with Gasteiger partial charge in [-0.25, -0.2) is 4.98 Å². The maximum Gasteiger partial charge on any atom is 0.171 e. The highest BCUT2D eigenvalue weighted by molar-refractivity contribution is 5.96. The van der Waals surface area contributed by atoms with Crippen LogP contribution in [-0.4, -0.2) is 40.3 Å². The number of aliphatic hydroxyl groups is 1. The molecule has 0 fully saturated rings. The lowest BCUT2D eigenvalue weighted by molar-refractivity contribution is 0.288. The van der Waals surface area contributed by atoms with E-state index in [1.165, 1.54) is 0 Å². The van der Waals surface area contributed by atoms with E-state index < -0.39 is 0 Å². The summed E-state index contributed by atoms with van der Waals surface area (Å²) in [5.74, 6) is 0.855. The minimum atomic E-state index is 0.0421. The van der Waals surface area contributed by atoms with Crippen LogP contribution in [0.3, 0.4) is 0 Å². The molecular formula is C12H20N4O2. The normalized spacial score (nSPS) is 11.9. The molecule has 0 spiro atoms. The number of oxime groups is 1. The van der Waals surface area contributed by atoms with Crippen molar-refractivity contribution in [3.8, 4) is 0 Å². The molecule has 0 amide bonds. The summed E-state index contributed by atoms with van der Waals surface area (Å²) >= 11 is 0. The highest BCUT2D eigenvalue weighted by Gasteiger charge is 2.11. The number of nitrogens with two attached hydrogens (primary N) is 1. The summed E-state index contributed by atoms with van der Waals surface area (Å²) in [5, 5.41) is 20.4. The first-order chi connectivity index (χ1) is 8.60. The predicted molar refractivity (Wildman–Crippen MR) is 70.9 cm³/mol. The molecule has 0 bridgehead atoms. The van der Waals surface area contributed by atoms with Gasteiger partial charge in [0.05, 0.1) is 0 Å². The van der Waals surface area contributed by atoms with E-state index in [0.717, 1.165) is 12.4 Å². The molecule has 0 radical (unpaired) electrons. The summed E-state index contributed by atoms with van der Waals surface area (Å²) in [7, 11) is 0. The number of aromatic nitrogens is 1. The van der Waals surface area contributed by atoms with Crippen molar-refractivity contribution in [3.05, 3.63) is 23.9 Å². The number of hydrogen-bond donors (Lipinski definition) is 3. The van der Waals surface area contributed by atoms with Gasteiger partial charge < -0.3 is 20.9 Å². The summed E-state index contributed by atoms with van der Waals surface area (Å²) in [4.78, 5) is 6.38. The second-order valence-corrected chi connectivity index (χ2v) is 4.25. The third-order valence-electron chi connectivity index (χ3n) is 2.63. The van der Waals surface area contributed by atoms with Crippen LogP contribution in [0.5, 0.6) is 0 Å². The van der Waals surface area contributed by atoms with Crippen molar-refractivity contribution in [1.29, 1.82) is 0 Å². The zero-order valence-corrected chi connectivity index (χ0v) is 10.7. The molecule has 18 heavy (non-hydrogen) atoms. The number of aliphatic hydroxyl groups excluding tert-OH is 1. The average Bonchev–Trinajstić information content (AvgIpc) is 2.38. The molecule has 0 atom stereocenters. The van der Waals surface area contributed by atoms with E-state index in [-0.39, 0.29) is 12.4 Å². The van der Waals surface area contributed by atoms with E-state index in [9.17, 15) is 0 Å². The fourth-order valence-corrected chi connectivity index (χ4v) is 1.64. The Bertz CT molecular complexity index is 390. The van der Waals surface area contributed by atoms with Gasteiger partial charge in [-0.15, -0.1) is 0 Å². The van der Waals surface area contributed by atoms with E-state index in [1.54, 1.807) is 12.3 Å². The summed E-state index contributed by atoms with van der Waals surface area (Å²) in [6.45, 7) is 5.03. The molecule has 1 rings (SSSR count). The first-order valence-electron chi connectivity index (χ1n) is 5.91. The molecular weight excluding hydrogens is 232 g/mol. The molecule has 0 aliphatic carbocycles. The molecule has 0 saturated heterocycles. The molecule has 4 N–H and O–H groups in total. The summed E-state index contributed by atoms with van der Waals surface area (Å²) in [5.41, 5.74) is 6.05. The van der Waals surface area contributed by atoms with Crippen molar-refractivity contribution in [3.63, 3.8) is 0 Å². The topological polar surface area (TPSA) is 95.0 Å². The number of rotatable bonds is 6. The van der Waals surface area contributed by atoms with E-state index in [2.05, 4.69) is 28.9 Å². The van der Waals surface area contributed by atoms with Gasteiger partial charge in [-0.1, -0.05) is 5.16 Å². The van der Waals surface area contributed by atoms with Crippen LogP contribution in [-0.2, 0) is 0 Å². The van der Waals surface area contributed by atoms with Gasteiger partial charge >= 0.3 is 0 Å². The van der Waals surface area contributed by atoms with Crippen LogP contribution in [0, 0.1) is 0 Å². The second-order valence-electron chi connectivity index (χ2n) is 4.25. The van der Waals surface area contributed by atoms with Crippen LogP contribution >= 0.6 is 0 Å². The van der Waals surface area contributed by atoms with Crippen molar-refractivity contribution in [1.82, 2.24) is 4.98 Å². The van der Waals surface area contributed by atoms with Gasteiger partial charge in [0, 0.05) is 31.0 Å². The fourth-order valence-electron chi connectivity index (χ4n) is 1.64. The first kappa shape index (κ1) is 14.2. The fraction of sp³-hybridized carbons (Fsp3) is 0.500. The Morgan fingerprint density at radius 2 is 2.22 bits per heavy atom. The largest absolute Gasteiger partial charge is 0.409 e. The number of hydrogen-bond acceptors (Lipinski definition) is 5. The maximum absolute atomic E-state index is 8.89. The van der Waals surface area contributed by atoms with Crippen molar-refractivity contribution in [2.45, 2.75) is 26.3 Å². The first-order valence-corrected chi connectivity index (χ1v) is 5.91. The molecule has 6 heteroatoms. The van der Waals surface area contributed by atoms with Gasteiger partial charge in [0.15, 0.2) is 5.84 Å². The number of amidine groups is 1. The average molecular weight is 252 g/mol. The highest BCUT2D eigenvalue weighted by Crippen LogP contribution is 2.14. The molecule has 0 aromatic carbocycles. The molecule has 0 saturated carbocycles. The highest BCUT2D eigenvalue weighted by atomic mass is 16.4. The van der Waals surface area contributed by atoms with E-state index in [4.69, 9.17) is 16.0 Å². The van der Waals surface area contributed by atoms with Crippen molar-refractivity contribution < 1.29 is 10.3 Å². The van der Waals surface area contributed by atoms with Crippen LogP contribution < -0.4 is 10.6 Å². The van der Waals surface area contributed by atoms with Crippen molar-refractivity contribution in [2.75, 3.05) is 18.1 Å². The third kappa shape index (κ3) is 3.59. The third-order valence-corrected chi connectivity index (χ3v) is 2.63. The SMILES string of the molecule is CC(C)N(CCCO)c1ccc(C(N)=NO)cn1. The zero-order valence-electron chi connectivity index (χ0n) is 10.7. The molecule has 0 aliphatic heterocycles. The van der Waals surface area contributed by atoms with Gasteiger partial charge in [-0.05, 0) is 32.4 Å². The van der Waals surface area contributed by atoms with Crippen LogP contribution in [0.4, 0.5) is 5.82 Å². The number of anilines is 1. The summed E-state index contributed by atoms with van der Waals surface area (Å²) < 4.78 is 0. The Labute approximate surface area is 107 Å². The second kappa shape index (κ2) is 6.80. The Balaban J connectivity index is 2.86. The lowest BCUT2D eigenvalue weighted by Crippen LogP contribution is -2.33. The lowest BCUT2D eigenvalue weighted by Gasteiger charge is -2.27. The Kier molecular flexibility index (Phi) is 5.38. The summed E-state index contributed by atoms with van der Waals surface area (Å²) in [6, 6.07) is 3.87. The quantitative estimate of drug-likeness (QED) is 0.301. The monoisotopic (exact) mass is 252 g/mol. The Morgan fingerprint density at radius 3 is 2.67 bits per heavy atom. The number of pyridine rings is 1. The molecule has 0 aliphatic rings.